The molecule has 3 heterocycles. The van der Waals surface area contributed by atoms with Gasteiger partial charge in [0, 0.05) is 31.6 Å². The number of likely N-dealkylation sites (tertiary alicyclic amines) is 1. The molecule has 0 N–H and O–H groups in total. The minimum Gasteiger partial charge on any atom is -0.342 e. The lowest BCUT2D eigenvalue weighted by atomic mass is 9.97. The first-order valence-electron chi connectivity index (χ1n) is 8.61. The van der Waals surface area contributed by atoms with Crippen molar-refractivity contribution in [2.24, 2.45) is 11.8 Å². The summed E-state index contributed by atoms with van der Waals surface area (Å²) >= 11 is 1.62. The van der Waals surface area contributed by atoms with E-state index in [1.54, 1.807) is 28.2 Å². The summed E-state index contributed by atoms with van der Waals surface area (Å²) in [6.45, 7) is 2.21. The minimum atomic E-state index is -0.0686. The molecule has 1 saturated carbocycles. The number of rotatable bonds is 4. The van der Waals surface area contributed by atoms with Gasteiger partial charge in [0.2, 0.25) is 5.91 Å². The van der Waals surface area contributed by atoms with Crippen LogP contribution in [0.1, 0.15) is 25.7 Å². The average Bonchev–Trinajstić information content (AvgIpc) is 3.31. The summed E-state index contributed by atoms with van der Waals surface area (Å²) in [4.78, 5) is 27.5. The van der Waals surface area contributed by atoms with E-state index in [9.17, 15) is 9.59 Å². The normalized spacial score (nSPS) is 21.0. The first-order valence-corrected chi connectivity index (χ1v) is 9.49. The Balaban J connectivity index is 1.49. The number of amides is 1. The Morgan fingerprint density at radius 1 is 1.25 bits per heavy atom. The standard InChI is InChI=1S/C18H21N3O2S/c22-17-8-7-15(16-4-2-10-24-16)19-21(17)12-13-3-1-9-20(11-13)18(23)14-5-6-14/h2,4,7-8,10,13-14H,1,3,5-6,9,11-12H2/t13-/m1/s1. The molecule has 1 aliphatic carbocycles. The summed E-state index contributed by atoms with van der Waals surface area (Å²) in [5.74, 6) is 0.893. The van der Waals surface area contributed by atoms with Gasteiger partial charge in [-0.05, 0) is 49.1 Å². The Hall–Kier alpha value is -1.95. The SMILES string of the molecule is O=C(C1CC1)N1CCC[C@@H](Cn2nc(-c3cccs3)ccc2=O)C1. The quantitative estimate of drug-likeness (QED) is 0.857. The van der Waals surface area contributed by atoms with E-state index in [1.807, 2.05) is 22.4 Å². The van der Waals surface area contributed by atoms with Crippen molar-refractivity contribution in [2.75, 3.05) is 13.1 Å². The van der Waals surface area contributed by atoms with E-state index in [2.05, 4.69) is 5.10 Å². The van der Waals surface area contributed by atoms with E-state index in [0.29, 0.717) is 18.4 Å². The molecule has 6 heteroatoms. The highest BCUT2D eigenvalue weighted by Crippen LogP contribution is 2.32. The monoisotopic (exact) mass is 343 g/mol. The second-order valence-electron chi connectivity index (χ2n) is 6.78. The van der Waals surface area contributed by atoms with Crippen LogP contribution in [0.4, 0.5) is 0 Å². The van der Waals surface area contributed by atoms with Gasteiger partial charge in [0.25, 0.3) is 5.56 Å². The van der Waals surface area contributed by atoms with Crippen LogP contribution in [0, 0.1) is 11.8 Å². The molecule has 24 heavy (non-hydrogen) atoms. The van der Waals surface area contributed by atoms with Gasteiger partial charge >= 0.3 is 0 Å². The van der Waals surface area contributed by atoms with E-state index in [-0.39, 0.29) is 11.5 Å². The highest BCUT2D eigenvalue weighted by atomic mass is 32.1. The molecule has 0 unspecified atom stereocenters. The van der Waals surface area contributed by atoms with Crippen LogP contribution in [0.25, 0.3) is 10.6 Å². The van der Waals surface area contributed by atoms with E-state index in [4.69, 9.17) is 0 Å². The van der Waals surface area contributed by atoms with Crippen LogP contribution in [0.2, 0.25) is 0 Å². The molecule has 126 valence electrons. The first-order chi connectivity index (χ1) is 11.7. The van der Waals surface area contributed by atoms with E-state index < -0.39 is 0 Å². The van der Waals surface area contributed by atoms with E-state index in [0.717, 1.165) is 49.3 Å². The van der Waals surface area contributed by atoms with Crippen LogP contribution in [-0.4, -0.2) is 33.7 Å². The first kappa shape index (κ1) is 15.6. The van der Waals surface area contributed by atoms with Crippen LogP contribution in [-0.2, 0) is 11.3 Å². The molecule has 1 amide bonds. The predicted octanol–water partition coefficient (Wildman–Crippen LogP) is 2.62. The van der Waals surface area contributed by atoms with Crippen molar-refractivity contribution < 1.29 is 4.79 Å². The summed E-state index contributed by atoms with van der Waals surface area (Å²) in [5, 5.41) is 6.55. The van der Waals surface area contributed by atoms with Gasteiger partial charge in [-0.3, -0.25) is 9.59 Å². The zero-order valence-corrected chi connectivity index (χ0v) is 14.4. The average molecular weight is 343 g/mol. The molecule has 0 aromatic carbocycles. The molecule has 0 spiro atoms. The molecule has 2 aromatic rings. The fraction of sp³-hybridized carbons (Fsp3) is 0.500. The second-order valence-corrected chi connectivity index (χ2v) is 7.73. The van der Waals surface area contributed by atoms with Gasteiger partial charge in [0.1, 0.15) is 5.69 Å². The predicted molar refractivity (Wildman–Crippen MR) is 93.8 cm³/mol. The van der Waals surface area contributed by atoms with Crippen LogP contribution < -0.4 is 5.56 Å². The third-order valence-electron chi connectivity index (χ3n) is 4.83. The zero-order chi connectivity index (χ0) is 16.5. The maximum Gasteiger partial charge on any atom is 0.266 e. The fourth-order valence-corrected chi connectivity index (χ4v) is 4.07. The highest BCUT2D eigenvalue weighted by Gasteiger charge is 2.35. The van der Waals surface area contributed by atoms with Crippen molar-refractivity contribution in [3.8, 4) is 10.6 Å². The second kappa shape index (κ2) is 6.51. The largest absolute Gasteiger partial charge is 0.342 e. The number of thiophene rings is 1. The molecule has 1 aliphatic heterocycles. The van der Waals surface area contributed by atoms with Gasteiger partial charge in [0.15, 0.2) is 0 Å². The van der Waals surface area contributed by atoms with Gasteiger partial charge in [-0.2, -0.15) is 5.10 Å². The Bertz CT molecular complexity index is 780. The molecule has 2 aliphatic rings. The van der Waals surface area contributed by atoms with Crippen LogP contribution in [0.3, 0.4) is 0 Å². The zero-order valence-electron chi connectivity index (χ0n) is 13.6. The number of piperidine rings is 1. The molecule has 4 rings (SSSR count). The smallest absolute Gasteiger partial charge is 0.266 e. The van der Waals surface area contributed by atoms with Crippen LogP contribution in [0.15, 0.2) is 34.4 Å². The summed E-state index contributed by atoms with van der Waals surface area (Å²) in [6, 6.07) is 7.38. The summed E-state index contributed by atoms with van der Waals surface area (Å²) < 4.78 is 1.57. The number of nitrogens with zero attached hydrogens (tertiary/aromatic N) is 3. The van der Waals surface area contributed by atoms with Crippen molar-refractivity contribution >= 4 is 17.2 Å². The topological polar surface area (TPSA) is 55.2 Å². The molecule has 5 nitrogen and oxygen atoms in total. The van der Waals surface area contributed by atoms with Crippen molar-refractivity contribution in [1.29, 1.82) is 0 Å². The maximum absolute atomic E-state index is 12.3. The minimum absolute atomic E-state index is 0.0686. The highest BCUT2D eigenvalue weighted by molar-refractivity contribution is 7.13. The number of hydrogen-bond acceptors (Lipinski definition) is 4. The maximum atomic E-state index is 12.3. The lowest BCUT2D eigenvalue weighted by Crippen LogP contribution is -2.42. The molecule has 2 fully saturated rings. The Morgan fingerprint density at radius 2 is 2.12 bits per heavy atom. The molecule has 1 atom stereocenters. The van der Waals surface area contributed by atoms with E-state index in [1.165, 1.54) is 0 Å². The number of aromatic nitrogens is 2. The fourth-order valence-electron chi connectivity index (χ4n) is 3.38. The van der Waals surface area contributed by atoms with Gasteiger partial charge in [-0.25, -0.2) is 4.68 Å². The Labute approximate surface area is 144 Å². The van der Waals surface area contributed by atoms with Crippen LogP contribution in [0.5, 0.6) is 0 Å². The summed E-state index contributed by atoms with van der Waals surface area (Å²) in [7, 11) is 0. The Morgan fingerprint density at radius 3 is 2.88 bits per heavy atom. The van der Waals surface area contributed by atoms with Gasteiger partial charge in [-0.15, -0.1) is 11.3 Å². The number of hydrogen-bond donors (Lipinski definition) is 0. The third kappa shape index (κ3) is 3.29. The molecular weight excluding hydrogens is 322 g/mol. The number of carbonyl (C=O) groups is 1. The molecular formula is C18H21N3O2S. The summed E-state index contributed by atoms with van der Waals surface area (Å²) in [5.41, 5.74) is 0.771. The van der Waals surface area contributed by atoms with Crippen molar-refractivity contribution in [3.63, 3.8) is 0 Å². The number of carbonyl (C=O) groups excluding carboxylic acids is 1. The summed E-state index contributed by atoms with van der Waals surface area (Å²) in [6.07, 6.45) is 4.15. The lowest BCUT2D eigenvalue weighted by molar-refractivity contribution is -0.134. The molecule has 0 radical (unpaired) electrons. The molecule has 1 saturated heterocycles. The Kier molecular flexibility index (Phi) is 4.22. The van der Waals surface area contributed by atoms with E-state index >= 15 is 0 Å². The van der Waals surface area contributed by atoms with Crippen molar-refractivity contribution in [2.45, 2.75) is 32.2 Å². The van der Waals surface area contributed by atoms with Gasteiger partial charge in [-0.1, -0.05) is 6.07 Å². The van der Waals surface area contributed by atoms with Crippen LogP contribution >= 0.6 is 11.3 Å². The van der Waals surface area contributed by atoms with Gasteiger partial charge in [0.05, 0.1) is 4.88 Å². The van der Waals surface area contributed by atoms with Crippen molar-refractivity contribution in [1.82, 2.24) is 14.7 Å². The molecule has 2 aromatic heterocycles. The molecule has 0 bridgehead atoms. The van der Waals surface area contributed by atoms with Crippen molar-refractivity contribution in [3.05, 3.63) is 40.0 Å². The third-order valence-corrected chi connectivity index (χ3v) is 5.72. The van der Waals surface area contributed by atoms with Gasteiger partial charge < -0.3 is 4.90 Å². The lowest BCUT2D eigenvalue weighted by Gasteiger charge is -2.33.